The van der Waals surface area contributed by atoms with Crippen molar-refractivity contribution in [2.45, 2.75) is 19.8 Å². The van der Waals surface area contributed by atoms with Gasteiger partial charge in [0.15, 0.2) is 0 Å². The zero-order chi connectivity index (χ0) is 19.1. The number of anilines is 2. The fourth-order valence-corrected chi connectivity index (χ4v) is 3.45. The third-order valence-corrected chi connectivity index (χ3v) is 5.05. The van der Waals surface area contributed by atoms with Gasteiger partial charge in [-0.2, -0.15) is 0 Å². The first-order chi connectivity index (χ1) is 13.2. The summed E-state index contributed by atoms with van der Waals surface area (Å²) in [7, 11) is 0. The van der Waals surface area contributed by atoms with Crippen LogP contribution in [-0.2, 0) is 0 Å². The van der Waals surface area contributed by atoms with E-state index >= 15 is 0 Å². The third-order valence-electron chi connectivity index (χ3n) is 4.15. The number of carbonyl (C=O) groups is 1. The van der Waals surface area contributed by atoms with Gasteiger partial charge in [-0.05, 0) is 53.1 Å². The summed E-state index contributed by atoms with van der Waals surface area (Å²) < 4.78 is 0. The molecule has 0 bridgehead atoms. The van der Waals surface area contributed by atoms with Crippen LogP contribution in [0.15, 0.2) is 60.7 Å². The van der Waals surface area contributed by atoms with E-state index in [1.54, 1.807) is 12.1 Å². The molecule has 3 aromatic rings. The van der Waals surface area contributed by atoms with Gasteiger partial charge in [-0.25, -0.2) is 0 Å². The number of carbonyl (C=O) groups excluding carboxylic acids is 1. The van der Waals surface area contributed by atoms with Crippen LogP contribution in [0.3, 0.4) is 0 Å². The molecule has 138 valence electrons. The summed E-state index contributed by atoms with van der Waals surface area (Å²) in [6, 6.07) is 19.0. The third kappa shape index (κ3) is 4.80. The van der Waals surface area contributed by atoms with Crippen LogP contribution in [0, 0.1) is 4.91 Å². The topological polar surface area (TPSA) is 72.2 Å². The molecule has 0 aliphatic carbocycles. The monoisotopic (exact) mass is 380 g/mol. The van der Waals surface area contributed by atoms with Crippen LogP contribution in [0.2, 0.25) is 0 Å². The maximum Gasteiger partial charge on any atom is 0.310 e. The fraction of sp³-hybridized carbons (Fsp3) is 0.190. The molecule has 0 unspecified atom stereocenters. The Balaban J connectivity index is 1.90. The van der Waals surface area contributed by atoms with Crippen molar-refractivity contribution in [3.63, 3.8) is 0 Å². The van der Waals surface area contributed by atoms with Gasteiger partial charge in [0, 0.05) is 33.9 Å². The van der Waals surface area contributed by atoms with E-state index in [4.69, 9.17) is 0 Å². The van der Waals surface area contributed by atoms with Crippen LogP contribution in [0.25, 0.3) is 11.1 Å². The number of nitroso groups, excluding NO2 is 1. The molecule has 5 nitrogen and oxygen atoms in total. The number of nitrogens with one attached hydrogen (secondary N) is 3. The average molecular weight is 380 g/mol. The molecule has 3 N–H and O–H groups in total. The maximum absolute atomic E-state index is 12.9. The predicted octanol–water partition coefficient (Wildman–Crippen LogP) is 4.36. The van der Waals surface area contributed by atoms with E-state index in [0.717, 1.165) is 36.2 Å². The molecule has 0 atom stereocenters. The lowest BCUT2D eigenvalue weighted by atomic mass is 9.98. The summed E-state index contributed by atoms with van der Waals surface area (Å²) in [6.07, 6.45) is 2.22. The molecule has 0 aliphatic heterocycles. The number of thiophene rings is 1. The highest BCUT2D eigenvalue weighted by Gasteiger charge is 2.15. The lowest BCUT2D eigenvalue weighted by Crippen LogP contribution is -2.54. The first kappa shape index (κ1) is 18.8. The maximum atomic E-state index is 12.9. The molecule has 0 fully saturated rings. The molecule has 0 radical (unpaired) electrons. The zero-order valence-electron chi connectivity index (χ0n) is 15.1. The molecule has 6 heteroatoms. The smallest absolute Gasteiger partial charge is 0.310 e. The van der Waals surface area contributed by atoms with Crippen molar-refractivity contribution >= 4 is 32.9 Å². The van der Waals surface area contributed by atoms with E-state index < -0.39 is 0 Å². The molecule has 0 aliphatic rings. The molecule has 27 heavy (non-hydrogen) atoms. The summed E-state index contributed by atoms with van der Waals surface area (Å²) in [4.78, 5) is 23.6. The van der Waals surface area contributed by atoms with E-state index in [1.165, 1.54) is 11.3 Å². The van der Waals surface area contributed by atoms with Gasteiger partial charge < -0.3 is 10.6 Å². The minimum atomic E-state index is -0.201. The molecular weight excluding hydrogens is 358 g/mol. The Morgan fingerprint density at radius 1 is 1.07 bits per heavy atom. The van der Waals surface area contributed by atoms with Gasteiger partial charge in [0.05, 0.1) is 0 Å². The molecule has 2 aromatic carbocycles. The van der Waals surface area contributed by atoms with E-state index in [9.17, 15) is 9.70 Å². The van der Waals surface area contributed by atoms with Crippen molar-refractivity contribution in [2.75, 3.05) is 17.2 Å². The molecule has 0 spiro atoms. The normalized spacial score (nSPS) is 10.4. The molecule has 3 rings (SSSR count). The highest BCUT2D eigenvalue weighted by Crippen LogP contribution is 2.29. The first-order valence-corrected chi connectivity index (χ1v) is 9.75. The van der Waals surface area contributed by atoms with Gasteiger partial charge in [0.2, 0.25) is 0 Å². The standard InChI is InChI=1S/C21H21N3O2S/c1-2-3-13-22-16-9-10-17(18(14-16)15-7-5-4-6-8-15)21(25)23-19-11-12-20(24-26)27-19/h4-12,14,22H,2-3,13H2,1H3,(H,23,25)/p+1. The van der Waals surface area contributed by atoms with Crippen LogP contribution in [-0.4, -0.2) is 12.5 Å². The summed E-state index contributed by atoms with van der Waals surface area (Å²) >= 11 is 1.21. The summed E-state index contributed by atoms with van der Waals surface area (Å²) in [5, 5.41) is 9.21. The predicted molar refractivity (Wildman–Crippen MR) is 112 cm³/mol. The Hall–Kier alpha value is -2.99. The average Bonchev–Trinajstić information content (AvgIpc) is 3.16. The Morgan fingerprint density at radius 2 is 1.89 bits per heavy atom. The summed E-state index contributed by atoms with van der Waals surface area (Å²) in [5.74, 6) is -0.201. The largest absolute Gasteiger partial charge is 0.385 e. The van der Waals surface area contributed by atoms with Crippen molar-refractivity contribution in [3.05, 3.63) is 71.1 Å². The SMILES string of the molecule is CCCCNc1ccc(C(=O)Nc2ccc([NH+]=O)s2)c(-c2ccccc2)c1. The molecule has 1 amide bonds. The van der Waals surface area contributed by atoms with Gasteiger partial charge in [0.1, 0.15) is 5.00 Å². The number of amides is 1. The number of unbranched alkanes of at least 4 members (excludes halogenated alkanes) is 1. The van der Waals surface area contributed by atoms with E-state index in [1.807, 2.05) is 53.7 Å². The Labute approximate surface area is 162 Å². The van der Waals surface area contributed by atoms with E-state index in [-0.39, 0.29) is 5.91 Å². The van der Waals surface area contributed by atoms with Crippen molar-refractivity contribution in [3.8, 4) is 11.1 Å². The molecule has 1 heterocycles. The highest BCUT2D eigenvalue weighted by molar-refractivity contribution is 7.19. The Morgan fingerprint density at radius 3 is 2.59 bits per heavy atom. The van der Waals surface area contributed by atoms with E-state index in [2.05, 4.69) is 17.6 Å². The van der Waals surface area contributed by atoms with Crippen LogP contribution in [0.1, 0.15) is 30.1 Å². The Kier molecular flexibility index (Phi) is 6.33. The fourth-order valence-electron chi connectivity index (χ4n) is 2.76. The summed E-state index contributed by atoms with van der Waals surface area (Å²) in [6.45, 7) is 3.05. The van der Waals surface area contributed by atoms with E-state index in [0.29, 0.717) is 15.6 Å². The second-order valence-electron chi connectivity index (χ2n) is 6.13. The van der Waals surface area contributed by atoms with Gasteiger partial charge in [-0.15, -0.1) is 0 Å². The van der Waals surface area contributed by atoms with Crippen molar-refractivity contribution < 1.29 is 9.97 Å². The molecule has 0 saturated carbocycles. The van der Waals surface area contributed by atoms with Crippen molar-refractivity contribution in [2.24, 2.45) is 0 Å². The van der Waals surface area contributed by atoms with Crippen LogP contribution in [0.5, 0.6) is 0 Å². The quantitative estimate of drug-likeness (QED) is 0.509. The van der Waals surface area contributed by atoms with Crippen LogP contribution in [0.4, 0.5) is 15.7 Å². The number of rotatable bonds is 8. The number of benzene rings is 2. The minimum Gasteiger partial charge on any atom is -0.385 e. The van der Waals surface area contributed by atoms with Crippen LogP contribution >= 0.6 is 11.3 Å². The second-order valence-corrected chi connectivity index (χ2v) is 7.21. The molecule has 0 saturated heterocycles. The van der Waals surface area contributed by atoms with Crippen LogP contribution < -0.4 is 15.8 Å². The zero-order valence-corrected chi connectivity index (χ0v) is 15.9. The Bertz CT molecular complexity index is 922. The van der Waals surface area contributed by atoms with Gasteiger partial charge in [0.25, 0.3) is 5.91 Å². The molecule has 1 aromatic heterocycles. The lowest BCUT2D eigenvalue weighted by molar-refractivity contribution is -0.374. The molecular formula is C21H22N3O2S+. The lowest BCUT2D eigenvalue weighted by Gasteiger charge is -2.13. The highest BCUT2D eigenvalue weighted by atomic mass is 32.1. The first-order valence-electron chi connectivity index (χ1n) is 8.94. The second kappa shape index (κ2) is 9.09. The number of hydrogen-bond acceptors (Lipinski definition) is 4. The summed E-state index contributed by atoms with van der Waals surface area (Å²) in [5.41, 5.74) is 3.43. The van der Waals surface area contributed by atoms with Gasteiger partial charge in [-0.3, -0.25) is 4.79 Å². The van der Waals surface area contributed by atoms with Crippen molar-refractivity contribution in [1.29, 1.82) is 0 Å². The minimum absolute atomic E-state index is 0.201. The van der Waals surface area contributed by atoms with Crippen molar-refractivity contribution in [1.82, 2.24) is 0 Å². The number of hydrogen-bond donors (Lipinski definition) is 3. The van der Waals surface area contributed by atoms with Gasteiger partial charge >= 0.3 is 5.00 Å². The van der Waals surface area contributed by atoms with Gasteiger partial charge in [-0.1, -0.05) is 43.7 Å².